The van der Waals surface area contributed by atoms with Crippen LogP contribution in [0.15, 0.2) is 147 Å². The summed E-state index contributed by atoms with van der Waals surface area (Å²) in [6.45, 7) is 4.76. The molecule has 0 amide bonds. The lowest BCUT2D eigenvalue weighted by atomic mass is 9.82. The van der Waals surface area contributed by atoms with Crippen LogP contribution in [-0.2, 0) is 5.41 Å². The summed E-state index contributed by atoms with van der Waals surface area (Å²) < 4.78 is 2.38. The molecule has 3 heteroatoms. The van der Waals surface area contributed by atoms with E-state index in [9.17, 15) is 0 Å². The van der Waals surface area contributed by atoms with Gasteiger partial charge in [-0.2, -0.15) is 0 Å². The SMILES string of the molecule is CC1(C)c2ccc(-c3ccc4c(c3)c3ccccc3n4-c3ccccc3)cc2-c2cc3c(cc21)Sc1ccccc1S3. The highest BCUT2D eigenvalue weighted by Crippen LogP contribution is 2.56. The van der Waals surface area contributed by atoms with E-state index in [1.807, 2.05) is 23.5 Å². The van der Waals surface area contributed by atoms with Crippen LogP contribution < -0.4 is 0 Å². The van der Waals surface area contributed by atoms with Gasteiger partial charge in [0.05, 0.1) is 11.0 Å². The maximum atomic E-state index is 2.46. The van der Waals surface area contributed by atoms with Crippen molar-refractivity contribution in [3.63, 3.8) is 0 Å². The largest absolute Gasteiger partial charge is 0.309 e. The first kappa shape index (κ1) is 24.4. The van der Waals surface area contributed by atoms with Crippen LogP contribution in [-0.4, -0.2) is 4.57 Å². The summed E-state index contributed by atoms with van der Waals surface area (Å²) >= 11 is 3.81. The molecular formula is C39H27NS2. The number of hydrogen-bond acceptors (Lipinski definition) is 2. The molecule has 6 aromatic carbocycles. The van der Waals surface area contributed by atoms with Gasteiger partial charge in [0.15, 0.2) is 0 Å². The molecule has 0 bridgehead atoms. The van der Waals surface area contributed by atoms with Crippen molar-refractivity contribution in [3.8, 4) is 27.9 Å². The van der Waals surface area contributed by atoms with E-state index >= 15 is 0 Å². The zero-order valence-electron chi connectivity index (χ0n) is 23.4. The van der Waals surface area contributed by atoms with Crippen molar-refractivity contribution >= 4 is 45.3 Å². The maximum absolute atomic E-state index is 2.46. The molecule has 0 spiro atoms. The van der Waals surface area contributed by atoms with Gasteiger partial charge in [-0.15, -0.1) is 0 Å². The van der Waals surface area contributed by atoms with Crippen molar-refractivity contribution in [2.75, 3.05) is 0 Å². The van der Waals surface area contributed by atoms with E-state index < -0.39 is 0 Å². The quantitative estimate of drug-likeness (QED) is 0.203. The van der Waals surface area contributed by atoms with Crippen molar-refractivity contribution in [2.45, 2.75) is 38.8 Å². The minimum atomic E-state index is -0.0342. The second kappa shape index (κ2) is 8.91. The lowest BCUT2D eigenvalue weighted by molar-refractivity contribution is 0.657. The third-order valence-electron chi connectivity index (χ3n) is 9.05. The van der Waals surface area contributed by atoms with Crippen LogP contribution >= 0.6 is 23.5 Å². The summed E-state index contributed by atoms with van der Waals surface area (Å²) in [5.41, 5.74) is 11.7. The van der Waals surface area contributed by atoms with E-state index in [-0.39, 0.29) is 5.41 Å². The zero-order chi connectivity index (χ0) is 28.0. The van der Waals surface area contributed by atoms with Crippen LogP contribution in [0, 0.1) is 0 Å². The Morgan fingerprint density at radius 1 is 0.476 bits per heavy atom. The predicted molar refractivity (Wildman–Crippen MR) is 178 cm³/mol. The van der Waals surface area contributed by atoms with Crippen molar-refractivity contribution in [1.29, 1.82) is 0 Å². The third kappa shape index (κ3) is 3.47. The molecule has 0 saturated heterocycles. The molecule has 0 radical (unpaired) electrons. The number of benzene rings is 6. The number of rotatable bonds is 2. The van der Waals surface area contributed by atoms with Crippen molar-refractivity contribution < 1.29 is 0 Å². The minimum absolute atomic E-state index is 0.0342. The standard InChI is InChI=1S/C39H27NS2/c1-39(2)31-18-16-24(20-28(31)29-22-37-38(23-32(29)39)42-36-15-9-8-14-35(36)41-37)25-17-19-34-30(21-25)27-12-6-7-13-33(27)40(34)26-10-4-3-5-11-26/h3-23H,1-2H3. The second-order valence-electron chi connectivity index (χ2n) is 11.8. The number of hydrogen-bond donors (Lipinski definition) is 0. The number of para-hydroxylation sites is 2. The smallest absolute Gasteiger partial charge is 0.0541 e. The van der Waals surface area contributed by atoms with Gasteiger partial charge in [-0.05, 0) is 94.0 Å². The molecule has 1 aromatic heterocycles. The Morgan fingerprint density at radius 2 is 1.10 bits per heavy atom. The molecule has 9 rings (SSSR count). The first-order valence-corrected chi connectivity index (χ1v) is 16.1. The normalized spacial score (nSPS) is 14.4. The fraction of sp³-hybridized carbons (Fsp3) is 0.0769. The average Bonchev–Trinajstić information content (AvgIpc) is 3.47. The Bertz CT molecular complexity index is 2220. The first-order valence-electron chi connectivity index (χ1n) is 14.4. The molecule has 200 valence electrons. The van der Waals surface area contributed by atoms with Gasteiger partial charge in [0.25, 0.3) is 0 Å². The summed E-state index contributed by atoms with van der Waals surface area (Å²) in [5.74, 6) is 0. The molecule has 1 aliphatic carbocycles. The van der Waals surface area contributed by atoms with Crippen LogP contribution in [0.5, 0.6) is 0 Å². The molecule has 1 nitrogen and oxygen atoms in total. The Kier molecular flexibility index (Phi) is 5.18. The number of fused-ring (bicyclic) bond motifs is 8. The van der Waals surface area contributed by atoms with Gasteiger partial charge >= 0.3 is 0 Å². The number of aromatic nitrogens is 1. The van der Waals surface area contributed by atoms with Gasteiger partial charge in [-0.1, -0.05) is 104 Å². The van der Waals surface area contributed by atoms with E-state index in [1.54, 1.807) is 0 Å². The van der Waals surface area contributed by atoms with Crippen LogP contribution in [0.2, 0.25) is 0 Å². The summed E-state index contributed by atoms with van der Waals surface area (Å²) in [6, 6.07) is 47.2. The zero-order valence-corrected chi connectivity index (χ0v) is 25.0. The molecule has 0 atom stereocenters. The Morgan fingerprint density at radius 3 is 1.90 bits per heavy atom. The molecule has 0 N–H and O–H groups in total. The lowest BCUT2D eigenvalue weighted by Gasteiger charge is -2.24. The molecule has 0 fully saturated rings. The van der Waals surface area contributed by atoms with Gasteiger partial charge in [0.1, 0.15) is 0 Å². The van der Waals surface area contributed by atoms with Crippen LogP contribution in [0.3, 0.4) is 0 Å². The Balaban J connectivity index is 1.20. The Hall–Kier alpha value is -4.18. The van der Waals surface area contributed by atoms with Gasteiger partial charge in [-0.25, -0.2) is 0 Å². The van der Waals surface area contributed by atoms with E-state index in [0.717, 1.165) is 0 Å². The molecule has 7 aromatic rings. The predicted octanol–water partition coefficient (Wildman–Crippen LogP) is 11.4. The molecule has 42 heavy (non-hydrogen) atoms. The first-order chi connectivity index (χ1) is 20.6. The summed E-state index contributed by atoms with van der Waals surface area (Å²) in [5, 5.41) is 2.57. The lowest BCUT2D eigenvalue weighted by Crippen LogP contribution is -2.15. The highest BCUT2D eigenvalue weighted by molar-refractivity contribution is 8.05. The van der Waals surface area contributed by atoms with Crippen LogP contribution in [0.4, 0.5) is 0 Å². The van der Waals surface area contributed by atoms with Crippen molar-refractivity contribution in [2.24, 2.45) is 0 Å². The van der Waals surface area contributed by atoms with Crippen molar-refractivity contribution in [1.82, 2.24) is 4.57 Å². The fourth-order valence-electron chi connectivity index (χ4n) is 6.96. The average molecular weight is 574 g/mol. The monoisotopic (exact) mass is 573 g/mol. The van der Waals surface area contributed by atoms with E-state index in [1.165, 1.54) is 80.5 Å². The highest BCUT2D eigenvalue weighted by Gasteiger charge is 2.37. The fourth-order valence-corrected chi connectivity index (χ4v) is 9.24. The minimum Gasteiger partial charge on any atom is -0.309 e. The maximum Gasteiger partial charge on any atom is 0.0541 e. The topological polar surface area (TPSA) is 4.93 Å². The molecule has 1 aliphatic heterocycles. The van der Waals surface area contributed by atoms with Crippen LogP contribution in [0.25, 0.3) is 49.7 Å². The molecular weight excluding hydrogens is 547 g/mol. The summed E-state index contributed by atoms with van der Waals surface area (Å²) in [4.78, 5) is 5.44. The van der Waals surface area contributed by atoms with Gasteiger partial charge in [0, 0.05) is 41.5 Å². The summed E-state index contributed by atoms with van der Waals surface area (Å²) in [7, 11) is 0. The van der Waals surface area contributed by atoms with E-state index in [0.29, 0.717) is 0 Å². The Labute approximate surface area is 254 Å². The highest BCUT2D eigenvalue weighted by atomic mass is 32.2. The van der Waals surface area contributed by atoms with E-state index in [2.05, 4.69) is 146 Å². The molecule has 0 saturated carbocycles. The third-order valence-corrected chi connectivity index (χ3v) is 11.6. The van der Waals surface area contributed by atoms with Gasteiger partial charge in [0.2, 0.25) is 0 Å². The molecule has 0 unspecified atom stereocenters. The van der Waals surface area contributed by atoms with Gasteiger partial charge in [-0.3, -0.25) is 0 Å². The second-order valence-corrected chi connectivity index (χ2v) is 14.0. The summed E-state index contributed by atoms with van der Waals surface area (Å²) in [6.07, 6.45) is 0. The van der Waals surface area contributed by atoms with Crippen LogP contribution in [0.1, 0.15) is 25.0 Å². The number of nitrogens with zero attached hydrogens (tertiary/aromatic N) is 1. The van der Waals surface area contributed by atoms with Crippen molar-refractivity contribution in [3.05, 3.63) is 139 Å². The van der Waals surface area contributed by atoms with Gasteiger partial charge < -0.3 is 4.57 Å². The molecule has 2 heterocycles. The van der Waals surface area contributed by atoms with E-state index in [4.69, 9.17) is 0 Å². The molecule has 2 aliphatic rings.